The third kappa shape index (κ3) is 5.50. The van der Waals surface area contributed by atoms with Crippen LogP contribution in [0.5, 0.6) is 5.75 Å². The SMILES string of the molecule is CCCCCCCOc1cccc2ccc([C@H](N3NC(=O)CC3(C)C)C(F)(F)F)cc12. The van der Waals surface area contributed by atoms with Gasteiger partial charge in [-0.25, -0.2) is 0 Å². The molecule has 1 aliphatic heterocycles. The summed E-state index contributed by atoms with van der Waals surface area (Å²) in [6.45, 7) is 5.97. The second-order valence-corrected chi connectivity index (χ2v) is 8.84. The molecule has 2 aromatic carbocycles. The second kappa shape index (κ2) is 9.47. The van der Waals surface area contributed by atoms with E-state index < -0.39 is 23.7 Å². The summed E-state index contributed by atoms with van der Waals surface area (Å²) in [6, 6.07) is 8.26. The number of hydrogen-bond acceptors (Lipinski definition) is 3. The molecule has 7 heteroatoms. The van der Waals surface area contributed by atoms with Gasteiger partial charge in [0.1, 0.15) is 5.75 Å². The molecule has 0 saturated carbocycles. The summed E-state index contributed by atoms with van der Waals surface area (Å²) in [5, 5.41) is 2.50. The number of amides is 1. The van der Waals surface area contributed by atoms with E-state index in [1.807, 2.05) is 12.1 Å². The number of carbonyl (C=O) groups is 1. The fourth-order valence-electron chi connectivity index (χ4n) is 4.15. The number of unbranched alkanes of at least 4 members (excludes halogenated alkanes) is 4. The molecule has 1 atom stereocenters. The summed E-state index contributed by atoms with van der Waals surface area (Å²) in [7, 11) is 0. The van der Waals surface area contributed by atoms with Crippen LogP contribution in [0.4, 0.5) is 13.2 Å². The molecule has 0 radical (unpaired) electrons. The Labute approximate surface area is 181 Å². The van der Waals surface area contributed by atoms with Gasteiger partial charge in [-0.3, -0.25) is 10.2 Å². The van der Waals surface area contributed by atoms with Gasteiger partial charge in [-0.1, -0.05) is 56.9 Å². The highest BCUT2D eigenvalue weighted by Gasteiger charge is 2.53. The number of halogens is 3. The Morgan fingerprint density at radius 2 is 1.87 bits per heavy atom. The molecule has 0 aliphatic carbocycles. The van der Waals surface area contributed by atoms with Crippen LogP contribution in [-0.2, 0) is 4.79 Å². The van der Waals surface area contributed by atoms with Gasteiger partial charge in [0.05, 0.1) is 6.61 Å². The van der Waals surface area contributed by atoms with Gasteiger partial charge in [-0.15, -0.1) is 0 Å². The van der Waals surface area contributed by atoms with Crippen LogP contribution in [0.25, 0.3) is 10.8 Å². The van der Waals surface area contributed by atoms with Crippen LogP contribution < -0.4 is 10.2 Å². The average Bonchev–Trinajstić information content (AvgIpc) is 2.95. The highest BCUT2D eigenvalue weighted by molar-refractivity contribution is 5.89. The van der Waals surface area contributed by atoms with Crippen molar-refractivity contribution in [1.82, 2.24) is 10.4 Å². The fraction of sp³-hybridized carbons (Fsp3) is 0.542. The zero-order valence-electron chi connectivity index (χ0n) is 18.4. The molecule has 4 nitrogen and oxygen atoms in total. The summed E-state index contributed by atoms with van der Waals surface area (Å²) >= 11 is 0. The number of carbonyl (C=O) groups excluding carboxylic acids is 1. The van der Waals surface area contributed by atoms with E-state index >= 15 is 0 Å². The van der Waals surface area contributed by atoms with Crippen molar-refractivity contribution in [3.05, 3.63) is 42.0 Å². The summed E-state index contributed by atoms with van der Waals surface area (Å²) < 4.78 is 48.4. The summed E-state index contributed by atoms with van der Waals surface area (Å²) in [5.41, 5.74) is 1.53. The summed E-state index contributed by atoms with van der Waals surface area (Å²) in [5.74, 6) is 0.174. The predicted molar refractivity (Wildman–Crippen MR) is 116 cm³/mol. The Bertz CT molecular complexity index is 911. The smallest absolute Gasteiger partial charge is 0.409 e. The number of benzene rings is 2. The van der Waals surface area contributed by atoms with Crippen molar-refractivity contribution in [2.24, 2.45) is 0 Å². The van der Waals surface area contributed by atoms with Crippen LogP contribution in [0.2, 0.25) is 0 Å². The van der Waals surface area contributed by atoms with E-state index in [0.717, 1.165) is 29.7 Å². The fourth-order valence-corrected chi connectivity index (χ4v) is 4.15. The molecule has 1 amide bonds. The van der Waals surface area contributed by atoms with Crippen molar-refractivity contribution >= 4 is 16.7 Å². The standard InChI is InChI=1S/C24H31F3N2O2/c1-4-5-6-7-8-14-31-20-11-9-10-17-12-13-18(15-19(17)20)22(24(25,26)27)29-23(2,3)16-21(30)28-29/h9-13,15,22H,4-8,14,16H2,1-3H3,(H,28,30)/t22-/m0/s1. The number of alkyl halides is 3. The highest BCUT2D eigenvalue weighted by Crippen LogP contribution is 2.43. The van der Waals surface area contributed by atoms with E-state index in [2.05, 4.69) is 12.3 Å². The van der Waals surface area contributed by atoms with Crippen LogP contribution in [0.1, 0.15) is 70.9 Å². The summed E-state index contributed by atoms with van der Waals surface area (Å²) in [4.78, 5) is 11.9. The number of nitrogens with one attached hydrogen (secondary N) is 1. The number of hydrogen-bond donors (Lipinski definition) is 1. The summed E-state index contributed by atoms with van der Waals surface area (Å²) in [6.07, 6.45) is 0.960. The normalized spacial score (nSPS) is 17.7. The lowest BCUT2D eigenvalue weighted by Crippen LogP contribution is -2.51. The monoisotopic (exact) mass is 436 g/mol. The molecule has 0 bridgehead atoms. The molecule has 1 saturated heterocycles. The Kier molecular flexibility index (Phi) is 7.14. The second-order valence-electron chi connectivity index (χ2n) is 8.84. The van der Waals surface area contributed by atoms with Gasteiger partial charge in [0.25, 0.3) is 0 Å². The van der Waals surface area contributed by atoms with Crippen LogP contribution in [-0.4, -0.2) is 29.2 Å². The molecule has 0 aromatic heterocycles. The molecule has 3 rings (SSSR count). The van der Waals surface area contributed by atoms with Crippen molar-refractivity contribution in [3.8, 4) is 5.75 Å². The van der Waals surface area contributed by atoms with Crippen molar-refractivity contribution < 1.29 is 22.7 Å². The van der Waals surface area contributed by atoms with Gasteiger partial charge in [0.15, 0.2) is 6.04 Å². The first-order valence-corrected chi connectivity index (χ1v) is 10.9. The lowest BCUT2D eigenvalue weighted by Gasteiger charge is -2.38. The molecule has 0 unspecified atom stereocenters. The lowest BCUT2D eigenvalue weighted by molar-refractivity contribution is -0.203. The number of nitrogens with zero attached hydrogens (tertiary/aromatic N) is 1. The van der Waals surface area contributed by atoms with Gasteiger partial charge in [-0.2, -0.15) is 18.2 Å². The van der Waals surface area contributed by atoms with E-state index in [4.69, 9.17) is 4.74 Å². The number of ether oxygens (including phenoxy) is 1. The number of fused-ring (bicyclic) bond motifs is 1. The van der Waals surface area contributed by atoms with Crippen LogP contribution in [0, 0.1) is 0 Å². The van der Waals surface area contributed by atoms with Crippen LogP contribution >= 0.6 is 0 Å². The molecular formula is C24H31F3N2O2. The maximum absolute atomic E-state index is 14.2. The topological polar surface area (TPSA) is 41.6 Å². The minimum absolute atomic E-state index is 0.0134. The maximum Gasteiger partial charge on any atom is 0.409 e. The molecule has 2 aromatic rings. The molecule has 31 heavy (non-hydrogen) atoms. The Morgan fingerprint density at radius 3 is 2.52 bits per heavy atom. The number of hydrazine groups is 1. The van der Waals surface area contributed by atoms with Gasteiger partial charge in [0, 0.05) is 17.3 Å². The van der Waals surface area contributed by atoms with Gasteiger partial charge in [0.2, 0.25) is 5.91 Å². The van der Waals surface area contributed by atoms with Crippen molar-refractivity contribution in [2.75, 3.05) is 6.61 Å². The maximum atomic E-state index is 14.2. The zero-order valence-corrected chi connectivity index (χ0v) is 18.4. The predicted octanol–water partition coefficient (Wildman–Crippen LogP) is 6.31. The minimum atomic E-state index is -4.56. The lowest BCUT2D eigenvalue weighted by atomic mass is 9.95. The van der Waals surface area contributed by atoms with E-state index in [0.29, 0.717) is 17.7 Å². The molecule has 1 aliphatic rings. The zero-order chi connectivity index (χ0) is 22.6. The largest absolute Gasteiger partial charge is 0.493 e. The van der Waals surface area contributed by atoms with E-state index in [1.54, 1.807) is 32.0 Å². The van der Waals surface area contributed by atoms with Crippen LogP contribution in [0.3, 0.4) is 0 Å². The molecule has 170 valence electrons. The third-order valence-corrected chi connectivity index (χ3v) is 5.75. The minimum Gasteiger partial charge on any atom is -0.493 e. The van der Waals surface area contributed by atoms with Gasteiger partial charge < -0.3 is 4.74 Å². The van der Waals surface area contributed by atoms with Crippen LogP contribution in [0.15, 0.2) is 36.4 Å². The molecule has 1 heterocycles. The van der Waals surface area contributed by atoms with E-state index in [-0.39, 0.29) is 12.0 Å². The quantitative estimate of drug-likeness (QED) is 0.469. The van der Waals surface area contributed by atoms with E-state index in [1.165, 1.54) is 18.9 Å². The Morgan fingerprint density at radius 1 is 1.13 bits per heavy atom. The average molecular weight is 437 g/mol. The van der Waals surface area contributed by atoms with Crippen molar-refractivity contribution in [3.63, 3.8) is 0 Å². The Hall–Kier alpha value is -2.28. The number of rotatable bonds is 9. The van der Waals surface area contributed by atoms with Crippen molar-refractivity contribution in [1.29, 1.82) is 0 Å². The molecule has 1 N–H and O–H groups in total. The highest BCUT2D eigenvalue weighted by atomic mass is 19.4. The molecular weight excluding hydrogens is 405 g/mol. The molecule has 1 fully saturated rings. The van der Waals surface area contributed by atoms with Gasteiger partial charge in [-0.05, 0) is 43.4 Å². The Balaban J connectivity index is 1.89. The third-order valence-electron chi connectivity index (χ3n) is 5.75. The van der Waals surface area contributed by atoms with Gasteiger partial charge >= 0.3 is 6.18 Å². The first-order valence-electron chi connectivity index (χ1n) is 10.9. The molecule has 0 spiro atoms. The van der Waals surface area contributed by atoms with E-state index in [9.17, 15) is 18.0 Å². The van der Waals surface area contributed by atoms with Crippen molar-refractivity contribution in [2.45, 2.75) is 77.1 Å². The first kappa shape index (κ1) is 23.4. The first-order chi connectivity index (χ1) is 14.6.